The molecule has 0 saturated carbocycles. The zero-order valence-corrected chi connectivity index (χ0v) is 18.8. The van der Waals surface area contributed by atoms with E-state index < -0.39 is 0 Å². The Morgan fingerprint density at radius 2 is 1.72 bits per heavy atom. The number of piperazine rings is 1. The minimum atomic E-state index is -0.0344. The third-order valence-electron chi connectivity index (χ3n) is 6.26. The maximum absolute atomic E-state index is 12.9. The summed E-state index contributed by atoms with van der Waals surface area (Å²) in [6.45, 7) is 4.15. The predicted molar refractivity (Wildman–Crippen MR) is 119 cm³/mol. The fourth-order valence-corrected chi connectivity index (χ4v) is 4.47. The van der Waals surface area contributed by atoms with Gasteiger partial charge in [0.1, 0.15) is 0 Å². The summed E-state index contributed by atoms with van der Waals surface area (Å²) < 4.78 is 16.4. The van der Waals surface area contributed by atoms with Crippen LogP contribution in [0, 0.1) is 0 Å². The Kier molecular flexibility index (Phi) is 6.76. The van der Waals surface area contributed by atoms with Crippen molar-refractivity contribution in [2.45, 2.75) is 18.8 Å². The van der Waals surface area contributed by atoms with E-state index in [1.165, 1.54) is 0 Å². The third kappa shape index (κ3) is 4.35. The van der Waals surface area contributed by atoms with Gasteiger partial charge in [-0.3, -0.25) is 9.69 Å². The van der Waals surface area contributed by atoms with Crippen molar-refractivity contribution in [2.24, 2.45) is 0 Å². The summed E-state index contributed by atoms with van der Waals surface area (Å²) in [5.41, 5.74) is 2.34. The zero-order chi connectivity index (χ0) is 22.7. The van der Waals surface area contributed by atoms with E-state index in [-0.39, 0.29) is 18.3 Å². The quantitative estimate of drug-likeness (QED) is 0.685. The van der Waals surface area contributed by atoms with E-state index in [1.54, 1.807) is 27.5 Å². The molecule has 4 rings (SSSR count). The highest BCUT2D eigenvalue weighted by Gasteiger charge is 2.30. The lowest BCUT2D eigenvalue weighted by atomic mass is 9.82. The summed E-state index contributed by atoms with van der Waals surface area (Å²) in [4.78, 5) is 26.5. The van der Waals surface area contributed by atoms with E-state index in [0.717, 1.165) is 37.4 Å². The first kappa shape index (κ1) is 22.3. The second-order valence-electron chi connectivity index (χ2n) is 8.07. The molecule has 1 aliphatic heterocycles. The molecule has 2 heterocycles. The van der Waals surface area contributed by atoms with Crippen LogP contribution in [-0.4, -0.2) is 86.4 Å². The molecule has 1 aromatic carbocycles. The summed E-state index contributed by atoms with van der Waals surface area (Å²) in [6.07, 6.45) is 2.69. The van der Waals surface area contributed by atoms with Crippen LogP contribution in [0.1, 0.15) is 34.0 Å². The molecular formula is C23H30N4O5. The van der Waals surface area contributed by atoms with Crippen molar-refractivity contribution in [2.75, 3.05) is 65.6 Å². The second-order valence-corrected chi connectivity index (χ2v) is 8.07. The second kappa shape index (κ2) is 9.70. The number of hydrogen-bond donors (Lipinski definition) is 1. The van der Waals surface area contributed by atoms with E-state index in [0.29, 0.717) is 48.1 Å². The largest absolute Gasteiger partial charge is 0.493 e. The molecule has 0 unspecified atom stereocenters. The zero-order valence-electron chi connectivity index (χ0n) is 18.8. The van der Waals surface area contributed by atoms with Crippen molar-refractivity contribution in [1.29, 1.82) is 0 Å². The molecule has 1 aromatic heterocycles. The van der Waals surface area contributed by atoms with Gasteiger partial charge in [-0.15, -0.1) is 0 Å². The molecule has 32 heavy (non-hydrogen) atoms. The van der Waals surface area contributed by atoms with E-state index in [9.17, 15) is 4.79 Å². The van der Waals surface area contributed by atoms with Gasteiger partial charge in [-0.1, -0.05) is 0 Å². The smallest absolute Gasteiger partial charge is 0.225 e. The number of hydrogen-bond acceptors (Lipinski definition) is 9. The lowest BCUT2D eigenvalue weighted by Crippen LogP contribution is -2.47. The highest BCUT2D eigenvalue weighted by molar-refractivity contribution is 5.98. The van der Waals surface area contributed by atoms with Crippen LogP contribution >= 0.6 is 0 Å². The molecule has 0 bridgehead atoms. The Morgan fingerprint density at radius 3 is 2.31 bits per heavy atom. The van der Waals surface area contributed by atoms with Crippen molar-refractivity contribution in [3.63, 3.8) is 0 Å². The number of rotatable bonds is 7. The van der Waals surface area contributed by atoms with Gasteiger partial charge in [-0.25, -0.2) is 9.97 Å². The fourth-order valence-electron chi connectivity index (χ4n) is 4.47. The first-order chi connectivity index (χ1) is 15.6. The van der Waals surface area contributed by atoms with Crippen LogP contribution in [0.15, 0.2) is 18.3 Å². The maximum atomic E-state index is 12.9. The Bertz CT molecular complexity index is 950. The molecule has 1 aliphatic carbocycles. The Morgan fingerprint density at radius 1 is 1.03 bits per heavy atom. The van der Waals surface area contributed by atoms with E-state index in [2.05, 4.69) is 14.8 Å². The van der Waals surface area contributed by atoms with Crippen LogP contribution in [0.4, 0.5) is 5.95 Å². The van der Waals surface area contributed by atoms with Gasteiger partial charge >= 0.3 is 0 Å². The molecular weight excluding hydrogens is 412 g/mol. The molecule has 0 spiro atoms. The van der Waals surface area contributed by atoms with Gasteiger partial charge < -0.3 is 24.2 Å². The van der Waals surface area contributed by atoms with E-state index in [4.69, 9.17) is 24.3 Å². The van der Waals surface area contributed by atoms with Gasteiger partial charge in [0.2, 0.25) is 11.7 Å². The number of ketones is 1. The van der Waals surface area contributed by atoms with Crippen LogP contribution in [-0.2, 0) is 6.42 Å². The van der Waals surface area contributed by atoms with Crippen LogP contribution < -0.4 is 19.1 Å². The molecule has 1 atom stereocenters. The summed E-state index contributed by atoms with van der Waals surface area (Å²) >= 11 is 0. The molecule has 172 valence electrons. The number of β-amino-alcohol motifs (C(OH)–C–C–N with tert-alkyl or cyclic N) is 1. The number of aliphatic hydroxyl groups is 1. The van der Waals surface area contributed by atoms with Crippen molar-refractivity contribution in [3.8, 4) is 17.2 Å². The predicted octanol–water partition coefficient (Wildman–Crippen LogP) is 1.53. The van der Waals surface area contributed by atoms with Crippen molar-refractivity contribution < 1.29 is 24.1 Å². The molecule has 2 aliphatic rings. The van der Waals surface area contributed by atoms with Crippen molar-refractivity contribution >= 4 is 11.7 Å². The molecule has 1 fully saturated rings. The molecule has 2 aromatic rings. The van der Waals surface area contributed by atoms with Crippen LogP contribution in [0.2, 0.25) is 0 Å². The van der Waals surface area contributed by atoms with Gasteiger partial charge in [-0.2, -0.15) is 0 Å². The number of aliphatic hydroxyl groups excluding tert-OH is 1. The lowest BCUT2D eigenvalue weighted by Gasteiger charge is -2.34. The summed E-state index contributed by atoms with van der Waals surface area (Å²) in [6, 6.07) is 3.82. The van der Waals surface area contributed by atoms with Crippen LogP contribution in [0.25, 0.3) is 0 Å². The highest BCUT2D eigenvalue weighted by atomic mass is 16.5. The number of carbonyl (C=O) groups is 1. The normalized spacial score (nSPS) is 18.9. The topological polar surface area (TPSA) is 97.3 Å². The number of Topliss-reactive ketones (excluding diaryl/α,β-unsaturated/α-hetero) is 1. The third-order valence-corrected chi connectivity index (χ3v) is 6.26. The average molecular weight is 443 g/mol. The minimum Gasteiger partial charge on any atom is -0.493 e. The van der Waals surface area contributed by atoms with Gasteiger partial charge in [0.25, 0.3) is 0 Å². The SMILES string of the molecule is COc1cc([C@H]2CC(=O)c3cnc(N4CCN(CCO)CC4)nc3C2)cc(OC)c1OC. The van der Waals surface area contributed by atoms with E-state index in [1.807, 2.05) is 12.1 Å². The summed E-state index contributed by atoms with van der Waals surface area (Å²) in [7, 11) is 4.74. The van der Waals surface area contributed by atoms with Crippen molar-refractivity contribution in [3.05, 3.63) is 35.2 Å². The number of nitrogens with zero attached hydrogens (tertiary/aromatic N) is 4. The molecule has 1 N–H and O–H groups in total. The molecule has 9 heteroatoms. The van der Waals surface area contributed by atoms with E-state index >= 15 is 0 Å². The van der Waals surface area contributed by atoms with Gasteiger partial charge in [0, 0.05) is 45.3 Å². The minimum absolute atomic E-state index is 0.0344. The number of ether oxygens (including phenoxy) is 3. The number of fused-ring (bicyclic) bond motifs is 1. The van der Waals surface area contributed by atoms with Gasteiger partial charge in [0.05, 0.1) is 39.2 Å². The molecule has 0 radical (unpaired) electrons. The number of anilines is 1. The Labute approximate surface area is 187 Å². The number of carbonyl (C=O) groups excluding carboxylic acids is 1. The number of aromatic nitrogens is 2. The highest BCUT2D eigenvalue weighted by Crippen LogP contribution is 2.42. The fraction of sp³-hybridized carbons (Fsp3) is 0.522. The summed E-state index contributed by atoms with van der Waals surface area (Å²) in [5.74, 6) is 2.35. The molecule has 9 nitrogen and oxygen atoms in total. The molecule has 0 amide bonds. The maximum Gasteiger partial charge on any atom is 0.225 e. The first-order valence-corrected chi connectivity index (χ1v) is 10.8. The van der Waals surface area contributed by atoms with Crippen LogP contribution in [0.5, 0.6) is 17.2 Å². The molecule has 1 saturated heterocycles. The standard InChI is InChI=1S/C23H30N4O5/c1-30-20-12-16(13-21(31-2)22(20)32-3)15-10-18-17(19(29)11-15)14-24-23(25-18)27-6-4-26(5-7-27)8-9-28/h12-15,28H,4-11H2,1-3H3/t15-/m1/s1. The van der Waals surface area contributed by atoms with Crippen LogP contribution in [0.3, 0.4) is 0 Å². The lowest BCUT2D eigenvalue weighted by molar-refractivity contribution is 0.0962. The monoisotopic (exact) mass is 442 g/mol. The Hall–Kier alpha value is -2.91. The van der Waals surface area contributed by atoms with Gasteiger partial charge in [-0.05, 0) is 30.0 Å². The summed E-state index contributed by atoms with van der Waals surface area (Å²) in [5, 5.41) is 9.14. The first-order valence-electron chi connectivity index (χ1n) is 10.8. The number of benzene rings is 1. The number of methoxy groups -OCH3 is 3. The Balaban J connectivity index is 1.58. The average Bonchev–Trinajstić information content (AvgIpc) is 2.83. The van der Waals surface area contributed by atoms with Gasteiger partial charge in [0.15, 0.2) is 17.3 Å². The van der Waals surface area contributed by atoms with Crippen molar-refractivity contribution in [1.82, 2.24) is 14.9 Å².